The van der Waals surface area contributed by atoms with Crippen molar-refractivity contribution in [1.29, 1.82) is 0 Å². The number of carbonyl (C=O) groups is 1. The summed E-state index contributed by atoms with van der Waals surface area (Å²) in [7, 11) is -3.13. The van der Waals surface area contributed by atoms with Gasteiger partial charge >= 0.3 is 0 Å². The van der Waals surface area contributed by atoms with Gasteiger partial charge in [0.05, 0.1) is 31.9 Å². The van der Waals surface area contributed by atoms with Gasteiger partial charge in [-0.05, 0) is 28.5 Å². The van der Waals surface area contributed by atoms with E-state index in [0.29, 0.717) is 24.2 Å². The van der Waals surface area contributed by atoms with E-state index in [-0.39, 0.29) is 11.7 Å². The molecule has 0 unspecified atom stereocenters. The van der Waals surface area contributed by atoms with Crippen LogP contribution in [-0.2, 0) is 22.1 Å². The minimum Gasteiger partial charge on any atom is -0.328 e. The highest BCUT2D eigenvalue weighted by Gasteiger charge is 2.25. The number of hydrogen-bond donors (Lipinski definition) is 1. The van der Waals surface area contributed by atoms with Gasteiger partial charge in [0.2, 0.25) is 0 Å². The summed E-state index contributed by atoms with van der Waals surface area (Å²) in [6.45, 7) is 4.16. The van der Waals surface area contributed by atoms with E-state index in [1.54, 1.807) is 24.3 Å². The molecule has 5 nitrogen and oxygen atoms in total. The number of quaternary nitrogens is 1. The zero-order valence-electron chi connectivity index (χ0n) is 17.2. The molecule has 30 heavy (non-hydrogen) atoms. The minimum absolute atomic E-state index is 0.0189. The Labute approximate surface area is 177 Å². The Kier molecular flexibility index (Phi) is 5.88. The van der Waals surface area contributed by atoms with Gasteiger partial charge in [-0.25, -0.2) is 8.42 Å². The summed E-state index contributed by atoms with van der Waals surface area (Å²) in [5, 5.41) is 2.56. The molecule has 1 fully saturated rings. The number of nitrogens with one attached hydrogen (secondary N) is 1. The highest BCUT2D eigenvalue weighted by atomic mass is 32.2. The minimum atomic E-state index is -3.13. The van der Waals surface area contributed by atoms with Crippen molar-refractivity contribution in [2.45, 2.75) is 12.3 Å². The molecule has 0 spiro atoms. The number of rotatable bonds is 5. The van der Waals surface area contributed by atoms with Gasteiger partial charge in [-0.15, -0.1) is 0 Å². The SMILES string of the molecule is CS(=O)(=O)Cc1cccc(C(=O)N2CC[NH+](Cc3cccc4ccccc34)CC2)c1. The summed E-state index contributed by atoms with van der Waals surface area (Å²) < 4.78 is 23.1. The van der Waals surface area contributed by atoms with Gasteiger partial charge < -0.3 is 9.80 Å². The molecule has 0 radical (unpaired) electrons. The Morgan fingerprint density at radius 2 is 1.67 bits per heavy atom. The highest BCUT2D eigenvalue weighted by molar-refractivity contribution is 7.89. The van der Waals surface area contributed by atoms with Gasteiger partial charge in [0.25, 0.3) is 5.91 Å². The summed E-state index contributed by atoms with van der Waals surface area (Å²) in [5.41, 5.74) is 2.56. The van der Waals surface area contributed by atoms with Gasteiger partial charge in [0.1, 0.15) is 6.54 Å². The molecule has 0 aromatic heterocycles. The van der Waals surface area contributed by atoms with Crippen molar-refractivity contribution in [3.05, 3.63) is 83.4 Å². The molecule has 1 saturated heterocycles. The van der Waals surface area contributed by atoms with Crippen LogP contribution in [0.1, 0.15) is 21.5 Å². The first-order valence-corrected chi connectivity index (χ1v) is 12.3. The monoisotopic (exact) mass is 423 g/mol. The van der Waals surface area contributed by atoms with Crippen LogP contribution in [0.25, 0.3) is 10.8 Å². The predicted octanol–water partition coefficient (Wildman–Crippen LogP) is 1.93. The van der Waals surface area contributed by atoms with Crippen molar-refractivity contribution in [2.24, 2.45) is 0 Å². The van der Waals surface area contributed by atoms with Crippen molar-refractivity contribution in [3.63, 3.8) is 0 Å². The predicted molar refractivity (Wildman–Crippen MR) is 119 cm³/mol. The molecule has 156 valence electrons. The molecule has 4 rings (SSSR count). The van der Waals surface area contributed by atoms with E-state index in [1.165, 1.54) is 27.5 Å². The number of piperazine rings is 1. The molecule has 3 aromatic rings. The molecule has 1 amide bonds. The Morgan fingerprint density at radius 3 is 2.43 bits per heavy atom. The third-order valence-corrected chi connectivity index (χ3v) is 6.54. The maximum Gasteiger partial charge on any atom is 0.254 e. The molecule has 3 aromatic carbocycles. The van der Waals surface area contributed by atoms with E-state index in [0.717, 1.165) is 19.6 Å². The molecule has 1 heterocycles. The molecule has 1 N–H and O–H groups in total. The lowest BCUT2D eigenvalue weighted by Crippen LogP contribution is -3.13. The quantitative estimate of drug-likeness (QED) is 0.682. The molecule has 1 aliphatic rings. The zero-order chi connectivity index (χ0) is 21.1. The normalized spacial score (nSPS) is 15.4. The first-order chi connectivity index (χ1) is 14.4. The van der Waals surface area contributed by atoms with Crippen molar-refractivity contribution in [2.75, 3.05) is 32.4 Å². The van der Waals surface area contributed by atoms with Crippen LogP contribution in [0.3, 0.4) is 0 Å². The first kappa shape index (κ1) is 20.6. The molecular weight excluding hydrogens is 396 g/mol. The van der Waals surface area contributed by atoms with E-state index in [9.17, 15) is 13.2 Å². The highest BCUT2D eigenvalue weighted by Crippen LogP contribution is 2.18. The number of benzene rings is 3. The fraction of sp³-hybridized carbons (Fsp3) is 0.292. The summed E-state index contributed by atoms with van der Waals surface area (Å²) in [4.78, 5) is 16.3. The standard InChI is InChI=1S/C24H26N2O3S/c1-30(28,29)18-19-6-4-9-21(16-19)24(27)26-14-12-25(13-15-26)17-22-10-5-8-20-7-2-3-11-23(20)22/h2-11,16H,12-15,17-18H2,1H3/p+1. The van der Waals surface area contributed by atoms with Crippen molar-refractivity contribution < 1.29 is 18.1 Å². The zero-order valence-corrected chi connectivity index (χ0v) is 18.0. The molecule has 6 heteroatoms. The molecule has 0 aliphatic carbocycles. The van der Waals surface area contributed by atoms with Crippen LogP contribution in [0.4, 0.5) is 0 Å². The second-order valence-electron chi connectivity index (χ2n) is 8.13. The molecule has 1 aliphatic heterocycles. The maximum atomic E-state index is 12.9. The Hall–Kier alpha value is -2.70. The fourth-order valence-corrected chi connectivity index (χ4v) is 4.98. The molecule has 0 atom stereocenters. The molecule has 0 saturated carbocycles. The maximum absolute atomic E-state index is 12.9. The third kappa shape index (κ3) is 4.89. The lowest BCUT2D eigenvalue weighted by molar-refractivity contribution is -0.917. The number of fused-ring (bicyclic) bond motifs is 1. The lowest BCUT2D eigenvalue weighted by atomic mass is 10.0. The Bertz CT molecular complexity index is 1160. The average Bonchev–Trinajstić information content (AvgIpc) is 2.73. The average molecular weight is 424 g/mol. The van der Waals surface area contributed by atoms with Crippen LogP contribution in [0.5, 0.6) is 0 Å². The summed E-state index contributed by atoms with van der Waals surface area (Å²) >= 11 is 0. The van der Waals surface area contributed by atoms with E-state index >= 15 is 0 Å². The first-order valence-electron chi connectivity index (χ1n) is 10.3. The van der Waals surface area contributed by atoms with E-state index in [2.05, 4.69) is 42.5 Å². The van der Waals surface area contributed by atoms with Crippen LogP contribution in [0.2, 0.25) is 0 Å². The summed E-state index contributed by atoms with van der Waals surface area (Å²) in [6.07, 6.45) is 1.21. The number of amides is 1. The third-order valence-electron chi connectivity index (χ3n) is 5.68. The van der Waals surface area contributed by atoms with Gasteiger partial charge in [-0.3, -0.25) is 4.79 Å². The van der Waals surface area contributed by atoms with Crippen molar-refractivity contribution in [1.82, 2.24) is 4.90 Å². The van der Waals surface area contributed by atoms with Crippen LogP contribution in [-0.4, -0.2) is 51.7 Å². The second-order valence-corrected chi connectivity index (χ2v) is 10.3. The van der Waals surface area contributed by atoms with E-state index < -0.39 is 9.84 Å². The number of nitrogens with zero attached hydrogens (tertiary/aromatic N) is 1. The second kappa shape index (κ2) is 8.58. The summed E-state index contributed by atoms with van der Waals surface area (Å²) in [5.74, 6) is -0.0635. The number of sulfone groups is 1. The van der Waals surface area contributed by atoms with Crippen molar-refractivity contribution >= 4 is 26.5 Å². The van der Waals surface area contributed by atoms with Crippen molar-refractivity contribution in [3.8, 4) is 0 Å². The molecule has 0 bridgehead atoms. The number of hydrogen-bond acceptors (Lipinski definition) is 3. The van der Waals surface area contributed by atoms with E-state index in [4.69, 9.17) is 0 Å². The molecular formula is C24H27N2O3S+. The Balaban J connectivity index is 1.40. The van der Waals surface area contributed by atoms with Gasteiger partial charge in [0, 0.05) is 17.4 Å². The summed E-state index contributed by atoms with van der Waals surface area (Å²) in [6, 6.07) is 21.9. The topological polar surface area (TPSA) is 58.9 Å². The fourth-order valence-electron chi connectivity index (χ4n) is 4.20. The largest absolute Gasteiger partial charge is 0.328 e. The van der Waals surface area contributed by atoms with Gasteiger partial charge in [-0.2, -0.15) is 0 Å². The van der Waals surface area contributed by atoms with Crippen LogP contribution < -0.4 is 4.90 Å². The lowest BCUT2D eigenvalue weighted by Gasteiger charge is -2.32. The van der Waals surface area contributed by atoms with Crippen LogP contribution in [0.15, 0.2) is 66.7 Å². The van der Waals surface area contributed by atoms with Gasteiger partial charge in [0.15, 0.2) is 9.84 Å². The number of carbonyl (C=O) groups excluding carboxylic acids is 1. The van der Waals surface area contributed by atoms with Crippen LogP contribution >= 0.6 is 0 Å². The van der Waals surface area contributed by atoms with Crippen LogP contribution in [0, 0.1) is 0 Å². The Morgan fingerprint density at radius 1 is 0.967 bits per heavy atom. The smallest absolute Gasteiger partial charge is 0.254 e. The van der Waals surface area contributed by atoms with E-state index in [1.807, 2.05) is 4.90 Å². The van der Waals surface area contributed by atoms with Gasteiger partial charge in [-0.1, -0.05) is 54.6 Å².